The second kappa shape index (κ2) is 5.95. The average molecular weight is 220 g/mol. The van der Waals surface area contributed by atoms with E-state index in [0.717, 1.165) is 5.56 Å². The lowest BCUT2D eigenvalue weighted by molar-refractivity contribution is 0.108. The Hall–Kier alpha value is -0.600. The molecule has 0 aliphatic carbocycles. The highest BCUT2D eigenvalue weighted by Crippen LogP contribution is 2.13. The van der Waals surface area contributed by atoms with Crippen molar-refractivity contribution in [2.24, 2.45) is 0 Å². The Morgan fingerprint density at radius 3 is 2.38 bits per heavy atom. The van der Waals surface area contributed by atoms with Gasteiger partial charge in [-0.15, -0.1) is 0 Å². The van der Waals surface area contributed by atoms with Gasteiger partial charge in [0.1, 0.15) is 5.15 Å². The van der Waals surface area contributed by atoms with Gasteiger partial charge in [-0.25, -0.2) is 4.98 Å². The first kappa shape index (κ1) is 12.4. The molecule has 2 nitrogen and oxygen atoms in total. The monoisotopic (exact) mass is 219 g/mol. The molecule has 0 unspecified atom stereocenters. The Labute approximate surface area is 87.9 Å². The van der Waals surface area contributed by atoms with Crippen LogP contribution in [0.5, 0.6) is 0 Å². The first-order valence-corrected chi connectivity index (χ1v) is 4.69. The lowest BCUT2D eigenvalue weighted by Crippen LogP contribution is -1.91. The predicted octanol–water partition coefficient (Wildman–Crippen LogP) is 3.45. The Kier molecular flexibility index (Phi) is 5.67. The molecule has 1 aromatic heterocycles. The summed E-state index contributed by atoms with van der Waals surface area (Å²) in [5.74, 6) is 0. The minimum absolute atomic E-state index is 0.369. The SMILES string of the molecule is CC.Cc1cc(C(=O)Cl)cnc1Cl. The second-order valence-electron chi connectivity index (χ2n) is 2.11. The summed E-state index contributed by atoms with van der Waals surface area (Å²) >= 11 is 10.8. The molecule has 0 bridgehead atoms. The number of rotatable bonds is 1. The summed E-state index contributed by atoms with van der Waals surface area (Å²) in [5, 5.41) is -0.121. The molecule has 0 N–H and O–H groups in total. The standard InChI is InChI=1S/C7H5Cl2NO.C2H6/c1-4-2-5(7(9)11)3-10-6(4)8;1-2/h2-3H,1H3;1-2H3. The molecular weight excluding hydrogens is 209 g/mol. The maximum atomic E-state index is 10.6. The number of hydrogen-bond acceptors (Lipinski definition) is 2. The molecule has 0 saturated carbocycles. The molecule has 0 aliphatic rings. The normalized spacial score (nSPS) is 8.69. The summed E-state index contributed by atoms with van der Waals surface area (Å²) in [6.07, 6.45) is 1.35. The fraction of sp³-hybridized carbons (Fsp3) is 0.333. The van der Waals surface area contributed by atoms with Gasteiger partial charge in [-0.3, -0.25) is 4.79 Å². The van der Waals surface area contributed by atoms with E-state index in [4.69, 9.17) is 23.2 Å². The van der Waals surface area contributed by atoms with Crippen LogP contribution in [0, 0.1) is 6.92 Å². The molecule has 0 radical (unpaired) electrons. The van der Waals surface area contributed by atoms with E-state index in [9.17, 15) is 4.79 Å². The zero-order chi connectivity index (χ0) is 10.4. The number of carbonyl (C=O) groups excluding carboxylic acids is 1. The highest BCUT2D eigenvalue weighted by molar-refractivity contribution is 6.67. The molecule has 1 rings (SSSR count). The van der Waals surface area contributed by atoms with Gasteiger partial charge in [0.05, 0.1) is 5.56 Å². The van der Waals surface area contributed by atoms with Crippen LogP contribution in [0.3, 0.4) is 0 Å². The smallest absolute Gasteiger partial charge is 0.253 e. The van der Waals surface area contributed by atoms with Gasteiger partial charge in [0.25, 0.3) is 5.24 Å². The summed E-state index contributed by atoms with van der Waals surface area (Å²) in [6, 6.07) is 1.60. The lowest BCUT2D eigenvalue weighted by atomic mass is 10.2. The first-order chi connectivity index (χ1) is 6.11. The van der Waals surface area contributed by atoms with Crippen molar-refractivity contribution in [2.75, 3.05) is 0 Å². The summed E-state index contributed by atoms with van der Waals surface area (Å²) < 4.78 is 0. The number of pyridine rings is 1. The largest absolute Gasteiger partial charge is 0.276 e. The van der Waals surface area contributed by atoms with E-state index in [2.05, 4.69) is 4.98 Å². The van der Waals surface area contributed by atoms with E-state index in [1.165, 1.54) is 6.20 Å². The minimum Gasteiger partial charge on any atom is -0.276 e. The topological polar surface area (TPSA) is 30.0 Å². The van der Waals surface area contributed by atoms with Crippen molar-refractivity contribution in [3.05, 3.63) is 28.5 Å². The van der Waals surface area contributed by atoms with Gasteiger partial charge < -0.3 is 0 Å². The van der Waals surface area contributed by atoms with Crippen LogP contribution in [-0.2, 0) is 0 Å². The van der Waals surface area contributed by atoms with Crippen LogP contribution in [0.25, 0.3) is 0 Å². The van der Waals surface area contributed by atoms with Crippen LogP contribution in [0.1, 0.15) is 29.8 Å². The molecule has 4 heteroatoms. The van der Waals surface area contributed by atoms with E-state index >= 15 is 0 Å². The molecule has 0 fully saturated rings. The Balaban J connectivity index is 0.000000671. The third-order valence-electron chi connectivity index (χ3n) is 1.24. The van der Waals surface area contributed by atoms with Crippen LogP contribution in [0.15, 0.2) is 12.3 Å². The van der Waals surface area contributed by atoms with Crippen molar-refractivity contribution in [3.63, 3.8) is 0 Å². The second-order valence-corrected chi connectivity index (χ2v) is 2.81. The number of nitrogens with zero attached hydrogens (tertiary/aromatic N) is 1. The molecule has 0 spiro atoms. The van der Waals surface area contributed by atoms with E-state index < -0.39 is 5.24 Å². The molecule has 0 atom stereocenters. The molecule has 72 valence electrons. The van der Waals surface area contributed by atoms with Crippen LogP contribution in [0.2, 0.25) is 5.15 Å². The summed E-state index contributed by atoms with van der Waals surface area (Å²) in [4.78, 5) is 14.4. The van der Waals surface area contributed by atoms with Crippen molar-refractivity contribution >= 4 is 28.4 Å². The molecule has 1 aromatic rings. The predicted molar refractivity (Wildman–Crippen MR) is 55.5 cm³/mol. The molecule has 1 heterocycles. The molecule has 0 saturated heterocycles. The number of aromatic nitrogens is 1. The number of hydrogen-bond donors (Lipinski definition) is 0. The van der Waals surface area contributed by atoms with Gasteiger partial charge in [0, 0.05) is 6.20 Å². The number of aryl methyl sites for hydroxylation is 1. The Bertz CT molecular complexity index is 300. The van der Waals surface area contributed by atoms with Gasteiger partial charge in [-0.1, -0.05) is 25.4 Å². The third kappa shape index (κ3) is 3.75. The van der Waals surface area contributed by atoms with E-state index in [1.807, 2.05) is 13.8 Å². The molecule has 13 heavy (non-hydrogen) atoms. The van der Waals surface area contributed by atoms with Crippen molar-refractivity contribution < 1.29 is 4.79 Å². The zero-order valence-electron chi connectivity index (χ0n) is 7.77. The first-order valence-electron chi connectivity index (χ1n) is 3.93. The lowest BCUT2D eigenvalue weighted by Gasteiger charge is -1.96. The number of carbonyl (C=O) groups is 1. The maximum Gasteiger partial charge on any atom is 0.253 e. The van der Waals surface area contributed by atoms with Crippen molar-refractivity contribution in [2.45, 2.75) is 20.8 Å². The summed E-state index contributed by atoms with van der Waals surface area (Å²) in [7, 11) is 0. The Morgan fingerprint density at radius 2 is 2.00 bits per heavy atom. The Morgan fingerprint density at radius 1 is 1.46 bits per heavy atom. The molecular formula is C9H11Cl2NO. The minimum atomic E-state index is -0.516. The van der Waals surface area contributed by atoms with Gasteiger partial charge >= 0.3 is 0 Å². The molecule has 0 aromatic carbocycles. The highest BCUT2D eigenvalue weighted by Gasteiger charge is 2.03. The van der Waals surface area contributed by atoms with Crippen LogP contribution in [-0.4, -0.2) is 10.2 Å². The van der Waals surface area contributed by atoms with E-state index in [0.29, 0.717) is 10.7 Å². The van der Waals surface area contributed by atoms with Crippen LogP contribution < -0.4 is 0 Å². The summed E-state index contributed by atoms with van der Waals surface area (Å²) in [6.45, 7) is 5.76. The molecule has 0 amide bonds. The quantitative estimate of drug-likeness (QED) is 0.535. The average Bonchev–Trinajstić information content (AvgIpc) is 2.13. The van der Waals surface area contributed by atoms with Crippen LogP contribution >= 0.6 is 23.2 Å². The van der Waals surface area contributed by atoms with Gasteiger partial charge in [0.2, 0.25) is 0 Å². The zero-order valence-corrected chi connectivity index (χ0v) is 9.28. The van der Waals surface area contributed by atoms with Crippen LogP contribution in [0.4, 0.5) is 0 Å². The van der Waals surface area contributed by atoms with Crippen molar-refractivity contribution in [3.8, 4) is 0 Å². The molecule has 0 aliphatic heterocycles. The third-order valence-corrected chi connectivity index (χ3v) is 1.86. The van der Waals surface area contributed by atoms with E-state index in [1.54, 1.807) is 13.0 Å². The van der Waals surface area contributed by atoms with Crippen molar-refractivity contribution in [1.29, 1.82) is 0 Å². The van der Waals surface area contributed by atoms with Gasteiger partial charge in [-0.05, 0) is 30.2 Å². The van der Waals surface area contributed by atoms with Gasteiger partial charge in [-0.2, -0.15) is 0 Å². The van der Waals surface area contributed by atoms with E-state index in [-0.39, 0.29) is 0 Å². The maximum absolute atomic E-state index is 10.6. The number of halogens is 2. The summed E-state index contributed by atoms with van der Waals surface area (Å²) in [5.41, 5.74) is 1.12. The highest BCUT2D eigenvalue weighted by atomic mass is 35.5. The van der Waals surface area contributed by atoms with Crippen molar-refractivity contribution in [1.82, 2.24) is 4.98 Å². The fourth-order valence-corrected chi connectivity index (χ4v) is 0.872. The van der Waals surface area contributed by atoms with Gasteiger partial charge in [0.15, 0.2) is 0 Å². The fourth-order valence-electron chi connectivity index (χ4n) is 0.666.